The van der Waals surface area contributed by atoms with Crippen LogP contribution in [0.15, 0.2) is 59.7 Å². The summed E-state index contributed by atoms with van der Waals surface area (Å²) in [5.41, 5.74) is 1.44. The number of carbonyl (C=O) groups is 2. The zero-order chi connectivity index (χ0) is 23.1. The topological polar surface area (TPSA) is 61.8 Å². The SMILES string of the molecule is CCCC(NC(=O)CCC(=O)N1CCC(c2ccccc2)=N1)c1cccc(C(F)(F)F)c1. The lowest BCUT2D eigenvalue weighted by atomic mass is 9.99. The molecule has 1 unspecified atom stereocenters. The second kappa shape index (κ2) is 10.4. The van der Waals surface area contributed by atoms with Crippen LogP contribution in [-0.2, 0) is 15.8 Å². The molecule has 2 aromatic rings. The van der Waals surface area contributed by atoms with Crippen LogP contribution < -0.4 is 5.32 Å². The zero-order valence-corrected chi connectivity index (χ0v) is 17.9. The third-order valence-corrected chi connectivity index (χ3v) is 5.29. The van der Waals surface area contributed by atoms with Crippen LogP contribution in [-0.4, -0.2) is 29.1 Å². The number of amides is 2. The quantitative estimate of drug-likeness (QED) is 0.616. The molecule has 0 spiro atoms. The second-order valence-electron chi connectivity index (χ2n) is 7.71. The maximum atomic E-state index is 13.0. The normalized spacial score (nSPS) is 14.8. The number of hydrazone groups is 1. The molecule has 3 rings (SSSR count). The Morgan fingerprint density at radius 1 is 1.09 bits per heavy atom. The van der Waals surface area contributed by atoms with Gasteiger partial charge < -0.3 is 5.32 Å². The van der Waals surface area contributed by atoms with Crippen LogP contribution in [0.1, 0.15) is 61.8 Å². The summed E-state index contributed by atoms with van der Waals surface area (Å²) >= 11 is 0. The van der Waals surface area contributed by atoms with Crippen molar-refractivity contribution in [1.29, 1.82) is 0 Å². The van der Waals surface area contributed by atoms with E-state index in [9.17, 15) is 22.8 Å². The van der Waals surface area contributed by atoms with Gasteiger partial charge in [-0.15, -0.1) is 0 Å². The van der Waals surface area contributed by atoms with Crippen LogP contribution in [0.4, 0.5) is 13.2 Å². The predicted octanol–water partition coefficient (Wildman–Crippen LogP) is 5.08. The molecule has 1 aliphatic rings. The average molecular weight is 445 g/mol. The van der Waals surface area contributed by atoms with E-state index in [4.69, 9.17) is 0 Å². The van der Waals surface area contributed by atoms with Crippen LogP contribution in [0.2, 0.25) is 0 Å². The van der Waals surface area contributed by atoms with Gasteiger partial charge in [-0.25, -0.2) is 5.01 Å². The molecule has 0 bridgehead atoms. The van der Waals surface area contributed by atoms with Gasteiger partial charge in [0, 0.05) is 19.3 Å². The van der Waals surface area contributed by atoms with Crippen molar-refractivity contribution in [3.05, 3.63) is 71.3 Å². The van der Waals surface area contributed by atoms with Crippen molar-refractivity contribution < 1.29 is 22.8 Å². The molecule has 0 aromatic heterocycles. The molecule has 1 N–H and O–H groups in total. The van der Waals surface area contributed by atoms with Crippen LogP contribution >= 0.6 is 0 Å². The lowest BCUT2D eigenvalue weighted by Crippen LogP contribution is -2.30. The molecular weight excluding hydrogens is 419 g/mol. The number of nitrogens with one attached hydrogen (secondary N) is 1. The van der Waals surface area contributed by atoms with Crippen molar-refractivity contribution in [2.24, 2.45) is 5.10 Å². The van der Waals surface area contributed by atoms with E-state index in [-0.39, 0.29) is 24.7 Å². The number of benzene rings is 2. The van der Waals surface area contributed by atoms with Gasteiger partial charge in [0.05, 0.1) is 23.9 Å². The number of alkyl halides is 3. The van der Waals surface area contributed by atoms with Gasteiger partial charge in [-0.05, 0) is 29.7 Å². The predicted molar refractivity (Wildman–Crippen MR) is 116 cm³/mol. The molecule has 0 saturated heterocycles. The highest BCUT2D eigenvalue weighted by molar-refractivity contribution is 6.02. The molecule has 0 radical (unpaired) electrons. The van der Waals surface area contributed by atoms with Crippen LogP contribution in [0.3, 0.4) is 0 Å². The lowest BCUT2D eigenvalue weighted by molar-refractivity contribution is -0.137. The zero-order valence-electron chi connectivity index (χ0n) is 17.9. The summed E-state index contributed by atoms with van der Waals surface area (Å²) in [6.45, 7) is 2.36. The third kappa shape index (κ3) is 6.18. The van der Waals surface area contributed by atoms with Gasteiger partial charge in [0.15, 0.2) is 0 Å². The van der Waals surface area contributed by atoms with E-state index in [1.54, 1.807) is 6.07 Å². The summed E-state index contributed by atoms with van der Waals surface area (Å²) in [5.74, 6) is -0.627. The monoisotopic (exact) mass is 445 g/mol. The van der Waals surface area contributed by atoms with Crippen LogP contribution in [0.25, 0.3) is 0 Å². The minimum Gasteiger partial charge on any atom is -0.349 e. The van der Waals surface area contributed by atoms with Gasteiger partial charge >= 0.3 is 6.18 Å². The Morgan fingerprint density at radius 2 is 1.84 bits per heavy atom. The summed E-state index contributed by atoms with van der Waals surface area (Å²) in [6.07, 6.45) is -2.68. The molecule has 1 aliphatic heterocycles. The van der Waals surface area contributed by atoms with Gasteiger partial charge in [0.1, 0.15) is 0 Å². The number of nitrogens with zero attached hydrogens (tertiary/aromatic N) is 2. The number of hydrogen-bond donors (Lipinski definition) is 1. The summed E-state index contributed by atoms with van der Waals surface area (Å²) in [6, 6.07) is 14.0. The Morgan fingerprint density at radius 3 is 2.53 bits per heavy atom. The van der Waals surface area contributed by atoms with E-state index in [2.05, 4.69) is 10.4 Å². The first-order valence-electron chi connectivity index (χ1n) is 10.7. The molecule has 5 nitrogen and oxygen atoms in total. The van der Waals surface area contributed by atoms with Gasteiger partial charge in [-0.3, -0.25) is 9.59 Å². The van der Waals surface area contributed by atoms with Crippen molar-refractivity contribution in [2.75, 3.05) is 6.54 Å². The number of hydrogen-bond acceptors (Lipinski definition) is 3. The Bertz CT molecular complexity index is 974. The maximum Gasteiger partial charge on any atom is 0.416 e. The van der Waals surface area contributed by atoms with Gasteiger partial charge in [0.25, 0.3) is 0 Å². The minimum absolute atomic E-state index is 0.0150. The van der Waals surface area contributed by atoms with Gasteiger partial charge in [0.2, 0.25) is 11.8 Å². The fourth-order valence-electron chi connectivity index (χ4n) is 3.63. The first kappa shape index (κ1) is 23.5. The largest absolute Gasteiger partial charge is 0.416 e. The van der Waals surface area contributed by atoms with E-state index < -0.39 is 17.8 Å². The number of carbonyl (C=O) groups excluding carboxylic acids is 2. The molecule has 0 saturated carbocycles. The van der Waals surface area contributed by atoms with Crippen LogP contribution in [0, 0.1) is 0 Å². The maximum absolute atomic E-state index is 13.0. The molecule has 170 valence electrons. The van der Waals surface area contributed by atoms with Gasteiger partial charge in [-0.2, -0.15) is 18.3 Å². The summed E-state index contributed by atoms with van der Waals surface area (Å²) in [7, 11) is 0. The lowest BCUT2D eigenvalue weighted by Gasteiger charge is -2.20. The molecule has 2 amide bonds. The van der Waals surface area contributed by atoms with Gasteiger partial charge in [-0.1, -0.05) is 55.8 Å². The Kier molecular flexibility index (Phi) is 7.66. The third-order valence-electron chi connectivity index (χ3n) is 5.29. The van der Waals surface area contributed by atoms with Crippen molar-refractivity contribution in [3.63, 3.8) is 0 Å². The van der Waals surface area contributed by atoms with E-state index in [0.717, 1.165) is 23.4 Å². The Balaban J connectivity index is 1.57. The van der Waals surface area contributed by atoms with Crippen molar-refractivity contribution in [2.45, 2.75) is 51.2 Å². The Labute approximate surface area is 185 Å². The molecular formula is C24H26F3N3O2. The smallest absolute Gasteiger partial charge is 0.349 e. The molecule has 32 heavy (non-hydrogen) atoms. The molecule has 1 atom stereocenters. The number of halogens is 3. The minimum atomic E-state index is -4.45. The van der Waals surface area contributed by atoms with Crippen molar-refractivity contribution in [1.82, 2.24) is 10.3 Å². The first-order chi connectivity index (χ1) is 15.3. The molecule has 0 fully saturated rings. The van der Waals surface area contributed by atoms with Crippen molar-refractivity contribution in [3.8, 4) is 0 Å². The van der Waals surface area contributed by atoms with E-state index >= 15 is 0 Å². The van der Waals surface area contributed by atoms with E-state index in [0.29, 0.717) is 31.4 Å². The molecule has 2 aromatic carbocycles. The summed E-state index contributed by atoms with van der Waals surface area (Å²) in [4.78, 5) is 24.9. The summed E-state index contributed by atoms with van der Waals surface area (Å²) < 4.78 is 39.1. The van der Waals surface area contributed by atoms with E-state index in [1.165, 1.54) is 11.1 Å². The van der Waals surface area contributed by atoms with Crippen molar-refractivity contribution >= 4 is 17.5 Å². The highest BCUT2D eigenvalue weighted by Crippen LogP contribution is 2.31. The highest BCUT2D eigenvalue weighted by atomic mass is 19.4. The second-order valence-corrected chi connectivity index (χ2v) is 7.71. The molecule has 1 heterocycles. The number of rotatable bonds is 8. The Hall–Kier alpha value is -3.16. The van der Waals surface area contributed by atoms with Crippen LogP contribution in [0.5, 0.6) is 0 Å². The van der Waals surface area contributed by atoms with E-state index in [1.807, 2.05) is 37.3 Å². The molecule has 0 aliphatic carbocycles. The standard InChI is InChI=1S/C24H26F3N3O2/c1-2-7-20(18-10-6-11-19(16-18)24(25,26)27)28-22(31)12-13-23(32)30-15-14-21(29-30)17-8-4-3-5-9-17/h3-6,8-11,16,20H,2,7,12-15H2,1H3,(H,28,31). The summed E-state index contributed by atoms with van der Waals surface area (Å²) in [5, 5.41) is 8.53. The first-order valence-corrected chi connectivity index (χ1v) is 10.7. The molecule has 8 heteroatoms. The fourth-order valence-corrected chi connectivity index (χ4v) is 3.63. The fraction of sp³-hybridized carbons (Fsp3) is 0.375. The highest BCUT2D eigenvalue weighted by Gasteiger charge is 2.31. The average Bonchev–Trinajstić information content (AvgIpc) is 3.28.